The standard InChI is InChI=1S/C30H31N7O5/c38-28(32-10-8-22-6-7-25-26(16-22)42-21-41-25)17-23-18-35(27-9-11-33-30(34-27)36-13-12-31-20-36)14-15-37(23)29(39)19-40-24-4-2-1-3-5-24/h1-7,9,11-13,16,20,23H,8,10,14-15,17-19,21H2,(H,32,38). The van der Waals surface area contributed by atoms with Crippen molar-refractivity contribution in [3.63, 3.8) is 0 Å². The van der Waals surface area contributed by atoms with Crippen molar-refractivity contribution in [2.24, 2.45) is 0 Å². The number of benzene rings is 2. The smallest absolute Gasteiger partial charge is 0.260 e. The number of fused-ring (bicyclic) bond motifs is 1. The summed E-state index contributed by atoms with van der Waals surface area (Å²) in [5.41, 5.74) is 1.04. The number of nitrogens with zero attached hydrogens (tertiary/aromatic N) is 6. The SMILES string of the molecule is O=C(CC1CN(c2ccnc(-n3ccnc3)n2)CCN1C(=O)COc1ccccc1)NCCc1ccc2c(c1)OCO2. The first-order valence-electron chi connectivity index (χ1n) is 13.8. The van der Waals surface area contributed by atoms with E-state index in [1.54, 1.807) is 34.4 Å². The summed E-state index contributed by atoms with van der Waals surface area (Å²) < 4.78 is 18.3. The molecule has 0 bridgehead atoms. The van der Waals surface area contributed by atoms with E-state index in [-0.39, 0.29) is 37.7 Å². The Morgan fingerprint density at radius 2 is 1.90 bits per heavy atom. The van der Waals surface area contributed by atoms with Crippen molar-refractivity contribution in [1.29, 1.82) is 0 Å². The molecule has 1 atom stereocenters. The molecule has 2 aromatic heterocycles. The van der Waals surface area contributed by atoms with Gasteiger partial charge in [-0.2, -0.15) is 4.98 Å². The van der Waals surface area contributed by atoms with E-state index in [4.69, 9.17) is 19.2 Å². The van der Waals surface area contributed by atoms with Crippen molar-refractivity contribution in [3.05, 3.63) is 85.1 Å². The van der Waals surface area contributed by atoms with E-state index in [0.717, 1.165) is 17.1 Å². The summed E-state index contributed by atoms with van der Waals surface area (Å²) in [6, 6.07) is 16.5. The molecule has 2 aromatic carbocycles. The molecule has 1 fully saturated rings. The van der Waals surface area contributed by atoms with Crippen LogP contribution >= 0.6 is 0 Å². The molecule has 2 amide bonds. The van der Waals surface area contributed by atoms with Crippen LogP contribution in [0.4, 0.5) is 5.82 Å². The van der Waals surface area contributed by atoms with Gasteiger partial charge in [0.15, 0.2) is 18.1 Å². The third kappa shape index (κ3) is 6.43. The predicted molar refractivity (Wildman–Crippen MR) is 153 cm³/mol. The summed E-state index contributed by atoms with van der Waals surface area (Å²) in [6.45, 7) is 1.99. The Morgan fingerprint density at radius 1 is 1.02 bits per heavy atom. The van der Waals surface area contributed by atoms with E-state index in [1.165, 1.54) is 0 Å². The minimum absolute atomic E-state index is 0.107. The van der Waals surface area contributed by atoms with Crippen molar-refractivity contribution >= 4 is 17.6 Å². The second-order valence-corrected chi connectivity index (χ2v) is 9.97. The molecule has 2 aliphatic rings. The minimum atomic E-state index is -0.372. The van der Waals surface area contributed by atoms with Crippen LogP contribution in [0.15, 0.2) is 79.5 Å². The van der Waals surface area contributed by atoms with E-state index in [0.29, 0.717) is 50.0 Å². The highest BCUT2D eigenvalue weighted by molar-refractivity contribution is 5.81. The lowest BCUT2D eigenvalue weighted by Crippen LogP contribution is -2.57. The molecule has 42 heavy (non-hydrogen) atoms. The highest BCUT2D eigenvalue weighted by Gasteiger charge is 2.33. The normalized spacial score (nSPS) is 15.9. The summed E-state index contributed by atoms with van der Waals surface area (Å²) in [5, 5.41) is 3.01. The van der Waals surface area contributed by atoms with Crippen molar-refractivity contribution in [3.8, 4) is 23.2 Å². The second-order valence-electron chi connectivity index (χ2n) is 9.97. The zero-order valence-corrected chi connectivity index (χ0v) is 23.0. The van der Waals surface area contributed by atoms with Gasteiger partial charge in [0.1, 0.15) is 17.9 Å². The number of ether oxygens (including phenoxy) is 3. The van der Waals surface area contributed by atoms with Crippen molar-refractivity contribution in [2.45, 2.75) is 18.9 Å². The molecule has 4 aromatic rings. The topological polar surface area (TPSA) is 124 Å². The molecule has 1 N–H and O–H groups in total. The van der Waals surface area contributed by atoms with Crippen LogP contribution in [0.5, 0.6) is 17.2 Å². The first-order valence-corrected chi connectivity index (χ1v) is 13.8. The fourth-order valence-corrected chi connectivity index (χ4v) is 5.06. The first kappa shape index (κ1) is 27.1. The number of piperazine rings is 1. The Labute approximate surface area is 242 Å². The van der Waals surface area contributed by atoms with Gasteiger partial charge in [-0.3, -0.25) is 14.2 Å². The van der Waals surface area contributed by atoms with Crippen LogP contribution in [-0.2, 0) is 16.0 Å². The van der Waals surface area contributed by atoms with Gasteiger partial charge in [0, 0.05) is 51.2 Å². The number of imidazole rings is 1. The lowest BCUT2D eigenvalue weighted by Gasteiger charge is -2.41. The minimum Gasteiger partial charge on any atom is -0.484 e. The third-order valence-electron chi connectivity index (χ3n) is 7.19. The van der Waals surface area contributed by atoms with Gasteiger partial charge in [-0.25, -0.2) is 9.97 Å². The average molecular weight is 570 g/mol. The highest BCUT2D eigenvalue weighted by Crippen LogP contribution is 2.32. The molecule has 1 saturated heterocycles. The molecular formula is C30H31N7O5. The third-order valence-corrected chi connectivity index (χ3v) is 7.19. The number of amides is 2. The molecule has 1 unspecified atom stereocenters. The molecule has 2 aliphatic heterocycles. The van der Waals surface area contributed by atoms with E-state index in [1.807, 2.05) is 54.6 Å². The van der Waals surface area contributed by atoms with Crippen molar-refractivity contribution in [2.75, 3.05) is 44.5 Å². The summed E-state index contributed by atoms with van der Waals surface area (Å²) in [7, 11) is 0. The van der Waals surface area contributed by atoms with Crippen LogP contribution in [-0.4, -0.2) is 81.9 Å². The summed E-state index contributed by atoms with van der Waals surface area (Å²) >= 11 is 0. The molecule has 4 heterocycles. The van der Waals surface area contributed by atoms with Crippen LogP contribution < -0.4 is 24.4 Å². The number of hydrogen-bond acceptors (Lipinski definition) is 9. The maximum atomic E-state index is 13.3. The molecule has 12 nitrogen and oxygen atoms in total. The molecule has 6 rings (SSSR count). The van der Waals surface area contributed by atoms with Gasteiger partial charge in [-0.1, -0.05) is 24.3 Å². The Balaban J connectivity index is 1.11. The Morgan fingerprint density at radius 3 is 2.76 bits per heavy atom. The van der Waals surface area contributed by atoms with Crippen LogP contribution in [0, 0.1) is 0 Å². The van der Waals surface area contributed by atoms with Gasteiger partial charge in [0.25, 0.3) is 5.91 Å². The molecule has 0 aliphatic carbocycles. The molecule has 0 spiro atoms. The Hall–Kier alpha value is -5.13. The first-order chi connectivity index (χ1) is 20.6. The lowest BCUT2D eigenvalue weighted by molar-refractivity contribution is -0.137. The van der Waals surface area contributed by atoms with Gasteiger partial charge >= 0.3 is 0 Å². The zero-order chi connectivity index (χ0) is 28.7. The van der Waals surface area contributed by atoms with Gasteiger partial charge in [0.05, 0.1) is 6.04 Å². The maximum absolute atomic E-state index is 13.3. The number of carbonyl (C=O) groups excluding carboxylic acids is 2. The van der Waals surface area contributed by atoms with E-state index < -0.39 is 0 Å². The number of nitrogens with one attached hydrogen (secondary N) is 1. The number of carbonyl (C=O) groups is 2. The van der Waals surface area contributed by atoms with Crippen LogP contribution in [0.2, 0.25) is 0 Å². The zero-order valence-electron chi connectivity index (χ0n) is 23.0. The Bertz CT molecular complexity index is 1520. The summed E-state index contributed by atoms with van der Waals surface area (Å²) in [6.07, 6.45) is 7.57. The average Bonchev–Trinajstić information content (AvgIpc) is 3.73. The van der Waals surface area contributed by atoms with E-state index in [2.05, 4.69) is 20.2 Å². The maximum Gasteiger partial charge on any atom is 0.260 e. The molecule has 216 valence electrons. The summed E-state index contributed by atoms with van der Waals surface area (Å²) in [4.78, 5) is 43.3. The largest absolute Gasteiger partial charge is 0.484 e. The van der Waals surface area contributed by atoms with Crippen LogP contribution in [0.3, 0.4) is 0 Å². The molecule has 12 heteroatoms. The predicted octanol–water partition coefficient (Wildman–Crippen LogP) is 2.24. The quantitative estimate of drug-likeness (QED) is 0.306. The van der Waals surface area contributed by atoms with Gasteiger partial charge in [-0.05, 0) is 42.3 Å². The molecular weight excluding hydrogens is 538 g/mol. The van der Waals surface area contributed by atoms with Gasteiger partial charge in [-0.15, -0.1) is 0 Å². The van der Waals surface area contributed by atoms with Crippen molar-refractivity contribution in [1.82, 2.24) is 29.7 Å². The molecule has 0 saturated carbocycles. The Kier molecular flexibility index (Phi) is 8.11. The number of rotatable bonds is 10. The fraction of sp³-hybridized carbons (Fsp3) is 0.300. The highest BCUT2D eigenvalue weighted by atomic mass is 16.7. The van der Waals surface area contributed by atoms with E-state index in [9.17, 15) is 9.59 Å². The summed E-state index contributed by atoms with van der Waals surface area (Å²) in [5.74, 6) is 2.98. The number of anilines is 1. The van der Waals surface area contributed by atoms with Gasteiger partial charge in [0.2, 0.25) is 18.6 Å². The monoisotopic (exact) mass is 569 g/mol. The van der Waals surface area contributed by atoms with Gasteiger partial charge < -0.3 is 29.3 Å². The van der Waals surface area contributed by atoms with Crippen LogP contribution in [0.25, 0.3) is 5.95 Å². The number of para-hydroxylation sites is 1. The fourth-order valence-electron chi connectivity index (χ4n) is 5.06. The van der Waals surface area contributed by atoms with E-state index >= 15 is 0 Å². The van der Waals surface area contributed by atoms with Crippen LogP contribution in [0.1, 0.15) is 12.0 Å². The molecule has 0 radical (unpaired) electrons. The number of hydrogen-bond donors (Lipinski definition) is 1. The second kappa shape index (κ2) is 12.6. The number of aromatic nitrogens is 4. The lowest BCUT2D eigenvalue weighted by atomic mass is 10.1. The van der Waals surface area contributed by atoms with Crippen molar-refractivity contribution < 1.29 is 23.8 Å².